The van der Waals surface area contributed by atoms with Gasteiger partial charge in [0.25, 0.3) is 0 Å². The van der Waals surface area contributed by atoms with E-state index in [2.05, 4.69) is 0 Å². The van der Waals surface area contributed by atoms with Crippen LogP contribution in [0.4, 0.5) is 0 Å². The van der Waals surface area contributed by atoms with E-state index in [9.17, 15) is 8.42 Å². The van der Waals surface area contributed by atoms with Gasteiger partial charge in [-0.1, -0.05) is 17.7 Å². The Kier molecular flexibility index (Phi) is 5.37. The first-order valence-electron chi connectivity index (χ1n) is 6.19. The van der Waals surface area contributed by atoms with Crippen LogP contribution in [0.1, 0.15) is 11.3 Å². The van der Waals surface area contributed by atoms with E-state index in [1.807, 2.05) is 23.6 Å². The third-order valence-corrected chi connectivity index (χ3v) is 5.81. The quantitative estimate of drug-likeness (QED) is 0.808. The van der Waals surface area contributed by atoms with Gasteiger partial charge in [0.05, 0.1) is 11.0 Å². The summed E-state index contributed by atoms with van der Waals surface area (Å²) < 4.78 is 26.6. The highest BCUT2D eigenvalue weighted by Crippen LogP contribution is 2.22. The Morgan fingerprint density at radius 2 is 1.95 bits per heavy atom. The molecule has 1 aromatic carbocycles. The number of halogens is 1. The summed E-state index contributed by atoms with van der Waals surface area (Å²) in [5, 5.41) is 11.1. The highest BCUT2D eigenvalue weighted by molar-refractivity contribution is 7.89. The lowest BCUT2D eigenvalue weighted by molar-refractivity contribution is 0.416. The second-order valence-corrected chi connectivity index (χ2v) is 7.69. The van der Waals surface area contributed by atoms with Crippen molar-refractivity contribution in [3.05, 3.63) is 51.7 Å². The summed E-state index contributed by atoms with van der Waals surface area (Å²) in [5.74, 6) is 0. The van der Waals surface area contributed by atoms with Crippen LogP contribution in [0.3, 0.4) is 0 Å². The highest BCUT2D eigenvalue weighted by Gasteiger charge is 2.24. The molecule has 2 aromatic rings. The molecule has 4 nitrogen and oxygen atoms in total. The molecular formula is C14H13ClN2O2S2. The van der Waals surface area contributed by atoms with E-state index < -0.39 is 10.0 Å². The summed E-state index contributed by atoms with van der Waals surface area (Å²) in [6, 6.07) is 11.8. The van der Waals surface area contributed by atoms with E-state index >= 15 is 0 Å². The van der Waals surface area contributed by atoms with Gasteiger partial charge < -0.3 is 0 Å². The molecule has 0 atom stereocenters. The predicted molar refractivity (Wildman–Crippen MR) is 83.6 cm³/mol. The first-order valence-corrected chi connectivity index (χ1v) is 8.89. The summed E-state index contributed by atoms with van der Waals surface area (Å²) in [5.41, 5.74) is 0. The Balaban J connectivity index is 2.29. The van der Waals surface area contributed by atoms with Crippen molar-refractivity contribution in [2.75, 3.05) is 6.54 Å². The molecule has 7 heteroatoms. The van der Waals surface area contributed by atoms with Crippen LogP contribution in [-0.2, 0) is 16.6 Å². The number of benzene rings is 1. The second kappa shape index (κ2) is 7.05. The second-order valence-electron chi connectivity index (χ2n) is 4.28. The van der Waals surface area contributed by atoms with Crippen molar-refractivity contribution in [3.63, 3.8) is 0 Å². The molecule has 0 aliphatic carbocycles. The van der Waals surface area contributed by atoms with Gasteiger partial charge in [-0.25, -0.2) is 8.42 Å². The van der Waals surface area contributed by atoms with Gasteiger partial charge in [-0.15, -0.1) is 11.3 Å². The maximum Gasteiger partial charge on any atom is 0.243 e. The fourth-order valence-corrected chi connectivity index (χ4v) is 4.14. The van der Waals surface area contributed by atoms with Gasteiger partial charge in [0.1, 0.15) is 0 Å². The van der Waals surface area contributed by atoms with Crippen molar-refractivity contribution in [1.82, 2.24) is 4.31 Å². The molecular weight excluding hydrogens is 328 g/mol. The molecule has 0 fully saturated rings. The summed E-state index contributed by atoms with van der Waals surface area (Å²) in [7, 11) is -3.64. The summed E-state index contributed by atoms with van der Waals surface area (Å²) in [6.45, 7) is 0.434. The summed E-state index contributed by atoms with van der Waals surface area (Å²) in [6.07, 6.45) is 0.151. The zero-order valence-electron chi connectivity index (χ0n) is 11.1. The Bertz CT molecular complexity index is 719. The van der Waals surface area contributed by atoms with Crippen LogP contribution in [-0.4, -0.2) is 19.3 Å². The van der Waals surface area contributed by atoms with Crippen molar-refractivity contribution in [2.45, 2.75) is 17.9 Å². The van der Waals surface area contributed by atoms with E-state index in [1.165, 1.54) is 27.8 Å². The Morgan fingerprint density at radius 1 is 1.24 bits per heavy atom. The topological polar surface area (TPSA) is 61.2 Å². The Labute approximate surface area is 133 Å². The van der Waals surface area contributed by atoms with Gasteiger partial charge in [0.15, 0.2) is 0 Å². The molecule has 0 radical (unpaired) electrons. The average molecular weight is 341 g/mol. The summed E-state index contributed by atoms with van der Waals surface area (Å²) in [4.78, 5) is 1.12. The van der Waals surface area contributed by atoms with Crippen molar-refractivity contribution in [1.29, 1.82) is 5.26 Å². The third kappa shape index (κ3) is 4.05. The normalized spacial score (nSPS) is 11.5. The molecule has 2 rings (SSSR count). The molecule has 0 aliphatic heterocycles. The molecule has 1 heterocycles. The largest absolute Gasteiger partial charge is 0.243 e. The smallest absolute Gasteiger partial charge is 0.207 e. The van der Waals surface area contributed by atoms with Crippen molar-refractivity contribution < 1.29 is 8.42 Å². The van der Waals surface area contributed by atoms with E-state index in [1.54, 1.807) is 12.1 Å². The van der Waals surface area contributed by atoms with Crippen molar-refractivity contribution >= 4 is 33.0 Å². The minimum absolute atomic E-state index is 0.151. The maximum atomic E-state index is 12.7. The van der Waals surface area contributed by atoms with Crippen LogP contribution in [0.15, 0.2) is 46.7 Å². The summed E-state index contributed by atoms with van der Waals surface area (Å²) >= 11 is 7.28. The van der Waals surface area contributed by atoms with Gasteiger partial charge in [0.2, 0.25) is 10.0 Å². The minimum Gasteiger partial charge on any atom is -0.207 e. The molecule has 1 aromatic heterocycles. The Hall–Kier alpha value is -1.39. The molecule has 0 saturated carbocycles. The van der Waals surface area contributed by atoms with Crippen LogP contribution < -0.4 is 0 Å². The number of thiophene rings is 1. The molecule has 0 saturated heterocycles. The fraction of sp³-hybridized carbons (Fsp3) is 0.214. The zero-order valence-corrected chi connectivity index (χ0v) is 13.5. The highest BCUT2D eigenvalue weighted by atomic mass is 35.5. The minimum atomic E-state index is -3.64. The van der Waals surface area contributed by atoms with Gasteiger partial charge >= 0.3 is 0 Å². The number of sulfonamides is 1. The van der Waals surface area contributed by atoms with Crippen LogP contribution >= 0.6 is 22.9 Å². The molecule has 0 unspecified atom stereocenters. The third-order valence-electron chi connectivity index (χ3n) is 2.84. The predicted octanol–water partition coefficient (Wildman–Crippen LogP) is 3.51. The van der Waals surface area contributed by atoms with Crippen LogP contribution in [0, 0.1) is 11.3 Å². The van der Waals surface area contributed by atoms with Crippen LogP contribution in [0.25, 0.3) is 0 Å². The van der Waals surface area contributed by atoms with Crippen molar-refractivity contribution in [3.8, 4) is 6.07 Å². The van der Waals surface area contributed by atoms with E-state index in [0.29, 0.717) is 5.02 Å². The monoisotopic (exact) mass is 340 g/mol. The van der Waals surface area contributed by atoms with Gasteiger partial charge in [-0.05, 0) is 35.7 Å². The average Bonchev–Trinajstić information content (AvgIpc) is 2.96. The molecule has 0 N–H and O–H groups in total. The first kappa shape index (κ1) is 16.0. The SMILES string of the molecule is N#CCCN(Cc1cccs1)S(=O)(=O)c1ccc(Cl)cc1. The van der Waals surface area contributed by atoms with Gasteiger partial charge in [0, 0.05) is 29.4 Å². The lowest BCUT2D eigenvalue weighted by Crippen LogP contribution is -2.31. The first-order chi connectivity index (χ1) is 10.0. The van der Waals surface area contributed by atoms with Crippen LogP contribution in [0.2, 0.25) is 5.02 Å². The fourth-order valence-electron chi connectivity index (χ4n) is 1.79. The molecule has 0 spiro atoms. The van der Waals surface area contributed by atoms with Crippen molar-refractivity contribution in [2.24, 2.45) is 0 Å². The van der Waals surface area contributed by atoms with E-state index in [4.69, 9.17) is 16.9 Å². The Morgan fingerprint density at radius 3 is 2.52 bits per heavy atom. The number of hydrogen-bond acceptors (Lipinski definition) is 4. The molecule has 0 bridgehead atoms. The lowest BCUT2D eigenvalue weighted by Gasteiger charge is -2.20. The molecule has 0 amide bonds. The number of rotatable bonds is 6. The molecule has 110 valence electrons. The van der Waals surface area contributed by atoms with Gasteiger partial charge in [-0.3, -0.25) is 0 Å². The van der Waals surface area contributed by atoms with E-state index in [0.717, 1.165) is 4.88 Å². The van der Waals surface area contributed by atoms with Crippen LogP contribution in [0.5, 0.6) is 0 Å². The van der Waals surface area contributed by atoms with E-state index in [-0.39, 0.29) is 24.4 Å². The maximum absolute atomic E-state index is 12.7. The number of nitrogens with zero attached hydrogens (tertiary/aromatic N) is 2. The standard InChI is InChI=1S/C14H13ClN2O2S2/c15-12-4-6-14(7-5-12)21(18,19)17(9-2-8-16)11-13-3-1-10-20-13/h1,3-7,10H,2,9,11H2. The lowest BCUT2D eigenvalue weighted by atomic mass is 10.4. The molecule has 0 aliphatic rings. The molecule has 21 heavy (non-hydrogen) atoms. The van der Waals surface area contributed by atoms with Gasteiger partial charge in [-0.2, -0.15) is 9.57 Å². The zero-order chi connectivity index (χ0) is 15.3. The number of hydrogen-bond donors (Lipinski definition) is 0. The number of nitriles is 1.